The highest BCUT2D eigenvalue weighted by atomic mass is 16.5. The fraction of sp³-hybridized carbons (Fsp3) is 0.231. The second-order valence-corrected chi connectivity index (χ2v) is 7.92. The largest absolute Gasteiger partial charge is 0.489 e. The molecule has 0 aliphatic carbocycles. The zero-order valence-electron chi connectivity index (χ0n) is 18.4. The number of carbonyl (C=O) groups excluding carboxylic acids is 1. The molecule has 0 saturated carbocycles. The number of tetrazole rings is 1. The Bertz CT molecular complexity index is 1100. The lowest BCUT2D eigenvalue weighted by Gasteiger charge is -2.19. The zero-order chi connectivity index (χ0) is 22.7. The van der Waals surface area contributed by atoms with Crippen molar-refractivity contribution >= 4 is 5.91 Å². The summed E-state index contributed by atoms with van der Waals surface area (Å²) < 4.78 is 5.88. The molecule has 1 amide bonds. The number of ether oxygens (including phenoxy) is 1. The molecular formula is C26H27N5O2. The van der Waals surface area contributed by atoms with Crippen molar-refractivity contribution < 1.29 is 9.53 Å². The maximum atomic E-state index is 12.7. The Morgan fingerprint density at radius 3 is 2.24 bits per heavy atom. The van der Waals surface area contributed by atoms with Crippen molar-refractivity contribution in [2.75, 3.05) is 0 Å². The summed E-state index contributed by atoms with van der Waals surface area (Å²) in [7, 11) is 0. The molecule has 7 nitrogen and oxygen atoms in total. The maximum Gasteiger partial charge on any atom is 0.224 e. The first-order chi connectivity index (χ1) is 16.2. The molecule has 0 aliphatic rings. The van der Waals surface area contributed by atoms with Crippen molar-refractivity contribution in [3.63, 3.8) is 0 Å². The van der Waals surface area contributed by atoms with Crippen LogP contribution in [0.25, 0.3) is 0 Å². The molecule has 0 saturated heterocycles. The molecule has 33 heavy (non-hydrogen) atoms. The highest BCUT2D eigenvalue weighted by molar-refractivity contribution is 5.78. The number of aromatic nitrogens is 4. The quantitative estimate of drug-likeness (QED) is 0.370. The van der Waals surface area contributed by atoms with E-state index in [0.29, 0.717) is 38.1 Å². The number of hydrogen-bond donors (Lipinski definition) is 2. The second kappa shape index (κ2) is 11.6. The van der Waals surface area contributed by atoms with Gasteiger partial charge in [0.25, 0.3) is 0 Å². The lowest BCUT2D eigenvalue weighted by molar-refractivity contribution is -0.121. The number of nitrogens with one attached hydrogen (secondary N) is 2. The number of aromatic amines is 1. The minimum Gasteiger partial charge on any atom is -0.489 e. The molecule has 1 unspecified atom stereocenters. The van der Waals surface area contributed by atoms with E-state index >= 15 is 0 Å². The van der Waals surface area contributed by atoms with Crippen molar-refractivity contribution in [3.8, 4) is 5.75 Å². The first-order valence-corrected chi connectivity index (χ1v) is 11.1. The monoisotopic (exact) mass is 441 g/mol. The van der Waals surface area contributed by atoms with Crippen LogP contribution in [0.3, 0.4) is 0 Å². The first-order valence-electron chi connectivity index (χ1n) is 11.1. The van der Waals surface area contributed by atoms with Crippen LogP contribution in [-0.2, 0) is 30.7 Å². The highest BCUT2D eigenvalue weighted by Crippen LogP contribution is 2.16. The number of benzene rings is 3. The minimum absolute atomic E-state index is 0.00197. The number of carbonyl (C=O) groups is 1. The highest BCUT2D eigenvalue weighted by Gasteiger charge is 2.15. The van der Waals surface area contributed by atoms with Crippen LogP contribution in [0.1, 0.15) is 28.9 Å². The van der Waals surface area contributed by atoms with Gasteiger partial charge in [-0.05, 0) is 41.7 Å². The van der Waals surface area contributed by atoms with E-state index in [1.54, 1.807) is 0 Å². The summed E-state index contributed by atoms with van der Waals surface area (Å²) in [6, 6.07) is 27.8. The predicted octanol–water partition coefficient (Wildman–Crippen LogP) is 3.68. The van der Waals surface area contributed by atoms with E-state index in [9.17, 15) is 4.79 Å². The van der Waals surface area contributed by atoms with Gasteiger partial charge in [0.05, 0.1) is 6.42 Å². The molecule has 3 aromatic carbocycles. The Labute approximate surface area is 193 Å². The number of amides is 1. The molecular weight excluding hydrogens is 414 g/mol. The van der Waals surface area contributed by atoms with Crippen LogP contribution in [0.2, 0.25) is 0 Å². The van der Waals surface area contributed by atoms with Crippen LogP contribution in [0, 0.1) is 0 Å². The molecule has 1 atom stereocenters. The van der Waals surface area contributed by atoms with Gasteiger partial charge in [0, 0.05) is 12.5 Å². The van der Waals surface area contributed by atoms with E-state index in [1.165, 1.54) is 0 Å². The number of nitrogens with zero attached hydrogens (tertiary/aromatic N) is 3. The summed E-state index contributed by atoms with van der Waals surface area (Å²) in [6.07, 6.45) is 2.40. The lowest BCUT2D eigenvalue weighted by Crippen LogP contribution is -2.37. The third-order valence-electron chi connectivity index (χ3n) is 5.33. The molecule has 0 bridgehead atoms. The van der Waals surface area contributed by atoms with E-state index in [4.69, 9.17) is 4.74 Å². The maximum absolute atomic E-state index is 12.7. The summed E-state index contributed by atoms with van der Waals surface area (Å²) in [5.74, 6) is 1.46. The van der Waals surface area contributed by atoms with Gasteiger partial charge in [0.15, 0.2) is 5.82 Å². The number of H-pyrrole nitrogens is 1. The normalized spacial score (nSPS) is 11.6. The Balaban J connectivity index is 1.35. The SMILES string of the molecule is O=C(Cc1ccccc1)NC(CCc1nn[nH]n1)Cc1ccc(OCc2ccccc2)cc1. The molecule has 0 fully saturated rings. The number of rotatable bonds is 11. The Hall–Kier alpha value is -4.00. The fourth-order valence-corrected chi connectivity index (χ4v) is 3.62. The third-order valence-corrected chi connectivity index (χ3v) is 5.33. The molecule has 1 heterocycles. The molecule has 1 aromatic heterocycles. The summed E-state index contributed by atoms with van der Waals surface area (Å²) in [5.41, 5.74) is 3.25. The van der Waals surface area contributed by atoms with Gasteiger partial charge >= 0.3 is 0 Å². The van der Waals surface area contributed by atoms with E-state index in [0.717, 1.165) is 22.4 Å². The fourth-order valence-electron chi connectivity index (χ4n) is 3.62. The predicted molar refractivity (Wildman–Crippen MR) is 125 cm³/mol. The Morgan fingerprint density at radius 2 is 1.58 bits per heavy atom. The zero-order valence-corrected chi connectivity index (χ0v) is 18.4. The van der Waals surface area contributed by atoms with Crippen LogP contribution in [0.15, 0.2) is 84.9 Å². The summed E-state index contributed by atoms with van der Waals surface area (Å²) in [5, 5.41) is 17.3. The molecule has 0 radical (unpaired) electrons. The van der Waals surface area contributed by atoms with Crippen molar-refractivity contribution in [1.82, 2.24) is 25.9 Å². The summed E-state index contributed by atoms with van der Waals surface area (Å²) in [4.78, 5) is 12.7. The van der Waals surface area contributed by atoms with Gasteiger partial charge in [0.2, 0.25) is 5.91 Å². The van der Waals surface area contributed by atoms with E-state index in [1.807, 2.05) is 84.9 Å². The van der Waals surface area contributed by atoms with Gasteiger partial charge in [-0.3, -0.25) is 4.79 Å². The minimum atomic E-state index is -0.0456. The molecule has 7 heteroatoms. The Kier molecular flexibility index (Phi) is 7.79. The molecule has 0 aliphatic heterocycles. The van der Waals surface area contributed by atoms with E-state index in [-0.39, 0.29) is 11.9 Å². The third kappa shape index (κ3) is 7.28. The van der Waals surface area contributed by atoms with Crippen LogP contribution < -0.4 is 10.1 Å². The smallest absolute Gasteiger partial charge is 0.224 e. The van der Waals surface area contributed by atoms with Gasteiger partial charge in [-0.25, -0.2) is 0 Å². The Morgan fingerprint density at radius 1 is 0.879 bits per heavy atom. The lowest BCUT2D eigenvalue weighted by atomic mass is 10.0. The summed E-state index contributed by atoms with van der Waals surface area (Å²) >= 11 is 0. The van der Waals surface area contributed by atoms with Gasteiger partial charge in [0.1, 0.15) is 12.4 Å². The standard InChI is InChI=1S/C26H27N5O2/c32-26(18-20-7-3-1-4-8-20)27-23(13-16-25-28-30-31-29-25)17-21-11-14-24(15-12-21)33-19-22-9-5-2-6-10-22/h1-12,14-15,23H,13,16-19H2,(H,27,32)(H,28,29,30,31). The van der Waals surface area contributed by atoms with Crippen LogP contribution in [-0.4, -0.2) is 32.6 Å². The van der Waals surface area contributed by atoms with Gasteiger partial charge in [-0.15, -0.1) is 10.2 Å². The van der Waals surface area contributed by atoms with Gasteiger partial charge in [-0.1, -0.05) is 78.0 Å². The summed E-state index contributed by atoms with van der Waals surface area (Å²) in [6.45, 7) is 0.531. The van der Waals surface area contributed by atoms with Gasteiger partial charge < -0.3 is 10.1 Å². The van der Waals surface area contributed by atoms with E-state index < -0.39 is 0 Å². The van der Waals surface area contributed by atoms with Crippen molar-refractivity contribution in [1.29, 1.82) is 0 Å². The van der Waals surface area contributed by atoms with Crippen molar-refractivity contribution in [3.05, 3.63) is 107 Å². The van der Waals surface area contributed by atoms with Gasteiger partial charge in [-0.2, -0.15) is 5.21 Å². The number of aryl methyl sites for hydroxylation is 1. The van der Waals surface area contributed by atoms with Crippen LogP contribution >= 0.6 is 0 Å². The molecule has 4 aromatic rings. The average Bonchev–Trinajstić information content (AvgIpc) is 3.37. The van der Waals surface area contributed by atoms with Crippen LogP contribution in [0.4, 0.5) is 0 Å². The topological polar surface area (TPSA) is 92.8 Å². The second-order valence-electron chi connectivity index (χ2n) is 7.92. The molecule has 0 spiro atoms. The van der Waals surface area contributed by atoms with Crippen molar-refractivity contribution in [2.45, 2.75) is 38.3 Å². The molecule has 2 N–H and O–H groups in total. The first kappa shape index (κ1) is 22.2. The molecule has 4 rings (SSSR count). The average molecular weight is 442 g/mol. The van der Waals surface area contributed by atoms with Crippen LogP contribution in [0.5, 0.6) is 5.75 Å². The van der Waals surface area contributed by atoms with E-state index in [2.05, 4.69) is 25.9 Å². The van der Waals surface area contributed by atoms with Crippen molar-refractivity contribution in [2.24, 2.45) is 0 Å². The molecule has 168 valence electrons. The number of hydrogen-bond acceptors (Lipinski definition) is 5.